The lowest BCUT2D eigenvalue weighted by atomic mass is 10.2. The minimum absolute atomic E-state index is 0.227. The number of nitrogens with zero attached hydrogens (tertiary/aromatic N) is 1. The number of nitrogens with one attached hydrogen (secondary N) is 2. The summed E-state index contributed by atoms with van der Waals surface area (Å²) in [6, 6.07) is 15.0. The van der Waals surface area contributed by atoms with E-state index in [0.717, 1.165) is 5.56 Å². The maximum Gasteiger partial charge on any atom is 0.259 e. The zero-order chi connectivity index (χ0) is 26.8. The Labute approximate surface area is 224 Å². The van der Waals surface area contributed by atoms with Crippen LogP contribution in [0.15, 0.2) is 59.7 Å². The summed E-state index contributed by atoms with van der Waals surface area (Å²) in [5, 5.41) is 7.49. The molecule has 0 bridgehead atoms. The highest BCUT2D eigenvalue weighted by Gasteiger charge is 2.12. The predicted octanol–water partition coefficient (Wildman–Crippen LogP) is 4.48. The normalized spacial score (nSPS) is 10.6. The molecule has 3 aromatic carbocycles. The van der Waals surface area contributed by atoms with Gasteiger partial charge in [0.05, 0.1) is 34.1 Å². The average molecular weight is 546 g/mol. The number of hydrazone groups is 1. The number of carbonyl (C=O) groups is 2. The largest absolute Gasteiger partial charge is 0.493 e. The van der Waals surface area contributed by atoms with Crippen molar-refractivity contribution in [2.75, 3.05) is 27.9 Å². The van der Waals surface area contributed by atoms with Gasteiger partial charge in [-0.1, -0.05) is 29.3 Å². The molecule has 2 N–H and O–H groups in total. The lowest BCUT2D eigenvalue weighted by molar-refractivity contribution is -0.120. The Morgan fingerprint density at radius 2 is 1.57 bits per heavy atom. The number of carbonyl (C=O) groups excluding carboxylic acids is 2. The summed E-state index contributed by atoms with van der Waals surface area (Å²) in [4.78, 5) is 24.4. The van der Waals surface area contributed by atoms with E-state index in [1.807, 2.05) is 0 Å². The van der Waals surface area contributed by atoms with Crippen molar-refractivity contribution in [1.82, 2.24) is 10.7 Å². The number of methoxy groups -OCH3 is 3. The Morgan fingerprint density at radius 3 is 2.27 bits per heavy atom. The minimum Gasteiger partial charge on any atom is -0.493 e. The van der Waals surface area contributed by atoms with Crippen molar-refractivity contribution in [1.29, 1.82) is 0 Å². The van der Waals surface area contributed by atoms with Crippen molar-refractivity contribution >= 4 is 41.2 Å². The lowest BCUT2D eigenvalue weighted by Gasteiger charge is -2.12. The maximum atomic E-state index is 12.3. The van der Waals surface area contributed by atoms with Gasteiger partial charge in [-0.3, -0.25) is 9.59 Å². The molecule has 11 heteroatoms. The summed E-state index contributed by atoms with van der Waals surface area (Å²) < 4.78 is 21.6. The van der Waals surface area contributed by atoms with E-state index >= 15 is 0 Å². The minimum atomic E-state index is -0.503. The summed E-state index contributed by atoms with van der Waals surface area (Å²) in [6.07, 6.45) is 1.44. The van der Waals surface area contributed by atoms with Crippen LogP contribution in [0.5, 0.6) is 23.0 Å². The van der Waals surface area contributed by atoms with Crippen molar-refractivity contribution in [3.05, 3.63) is 81.3 Å². The molecule has 0 heterocycles. The van der Waals surface area contributed by atoms with E-state index in [2.05, 4.69) is 15.8 Å². The Hall–Kier alpha value is -3.95. The molecule has 0 spiro atoms. The number of ether oxygens (including phenoxy) is 4. The molecule has 9 nitrogen and oxygen atoms in total. The number of hydrogen-bond acceptors (Lipinski definition) is 7. The van der Waals surface area contributed by atoms with Gasteiger partial charge in [0.1, 0.15) is 6.61 Å². The average Bonchev–Trinajstić information content (AvgIpc) is 2.91. The fraction of sp³-hybridized carbons (Fsp3) is 0.192. The van der Waals surface area contributed by atoms with Crippen molar-refractivity contribution in [3.8, 4) is 23.0 Å². The topological polar surface area (TPSA) is 107 Å². The van der Waals surface area contributed by atoms with Gasteiger partial charge < -0.3 is 24.3 Å². The Bertz CT molecular complexity index is 1300. The van der Waals surface area contributed by atoms with Crippen LogP contribution in [0, 0.1) is 0 Å². The zero-order valence-corrected chi connectivity index (χ0v) is 21.9. The molecule has 0 aliphatic carbocycles. The van der Waals surface area contributed by atoms with Crippen LogP contribution < -0.4 is 29.7 Å². The van der Waals surface area contributed by atoms with Crippen LogP contribution in [0.25, 0.3) is 0 Å². The maximum absolute atomic E-state index is 12.3. The van der Waals surface area contributed by atoms with E-state index in [1.165, 1.54) is 33.6 Å². The molecule has 0 atom stereocenters. The van der Waals surface area contributed by atoms with Gasteiger partial charge in [-0.25, -0.2) is 5.43 Å². The first-order valence-electron chi connectivity index (χ1n) is 10.9. The molecule has 37 heavy (non-hydrogen) atoms. The molecule has 0 aliphatic heterocycles. The Balaban J connectivity index is 1.52. The number of halogens is 2. The standard InChI is InChI=1S/C26H25Cl2N3O6/c1-34-21-9-6-17(11-24(21)36-3)26(33)29-14-25(32)31-30-13-16-4-8-22(23(10-16)35-2)37-15-18-5-7-19(27)12-20(18)28/h4-13H,14-15H2,1-3H3,(H,29,33)(H,31,32). The molecule has 3 rings (SSSR count). The third-order valence-corrected chi connectivity index (χ3v) is 5.63. The summed E-state index contributed by atoms with van der Waals surface area (Å²) in [5.41, 5.74) is 4.12. The van der Waals surface area contributed by atoms with Crippen LogP contribution in [0.3, 0.4) is 0 Å². The van der Waals surface area contributed by atoms with Crippen molar-refractivity contribution in [2.45, 2.75) is 6.61 Å². The monoisotopic (exact) mass is 545 g/mol. The molecule has 0 radical (unpaired) electrons. The summed E-state index contributed by atoms with van der Waals surface area (Å²) >= 11 is 12.1. The molecular formula is C26H25Cl2N3O6. The highest BCUT2D eigenvalue weighted by Crippen LogP contribution is 2.30. The van der Waals surface area contributed by atoms with Gasteiger partial charge in [-0.2, -0.15) is 5.10 Å². The first-order chi connectivity index (χ1) is 17.8. The Morgan fingerprint density at radius 1 is 0.865 bits per heavy atom. The first-order valence-corrected chi connectivity index (χ1v) is 11.7. The molecule has 0 saturated carbocycles. The van der Waals surface area contributed by atoms with Gasteiger partial charge in [0, 0.05) is 21.2 Å². The summed E-state index contributed by atoms with van der Waals surface area (Å²) in [5.74, 6) is 0.936. The van der Waals surface area contributed by atoms with Gasteiger partial charge in [0.15, 0.2) is 23.0 Å². The summed E-state index contributed by atoms with van der Waals surface area (Å²) in [6.45, 7) is -0.0429. The molecule has 0 unspecified atom stereocenters. The predicted molar refractivity (Wildman–Crippen MR) is 141 cm³/mol. The second kappa shape index (κ2) is 13.4. The highest BCUT2D eigenvalue weighted by molar-refractivity contribution is 6.35. The number of hydrogen-bond donors (Lipinski definition) is 2. The van der Waals surface area contributed by atoms with Crippen LogP contribution in [-0.2, 0) is 11.4 Å². The van der Waals surface area contributed by atoms with E-state index in [9.17, 15) is 9.59 Å². The zero-order valence-electron chi connectivity index (χ0n) is 20.3. The molecule has 194 valence electrons. The van der Waals surface area contributed by atoms with Gasteiger partial charge in [-0.15, -0.1) is 0 Å². The second-order valence-electron chi connectivity index (χ2n) is 7.48. The van der Waals surface area contributed by atoms with Gasteiger partial charge in [0.2, 0.25) is 0 Å². The lowest BCUT2D eigenvalue weighted by Crippen LogP contribution is -2.34. The fourth-order valence-corrected chi connectivity index (χ4v) is 3.60. The number of benzene rings is 3. The third-order valence-electron chi connectivity index (χ3n) is 5.04. The molecule has 3 aromatic rings. The van der Waals surface area contributed by atoms with Crippen LogP contribution in [0.4, 0.5) is 0 Å². The van der Waals surface area contributed by atoms with E-state index in [1.54, 1.807) is 48.5 Å². The second-order valence-corrected chi connectivity index (χ2v) is 8.32. The fourth-order valence-electron chi connectivity index (χ4n) is 3.14. The molecule has 0 aromatic heterocycles. The first kappa shape index (κ1) is 27.6. The van der Waals surface area contributed by atoms with Crippen molar-refractivity contribution in [3.63, 3.8) is 0 Å². The molecular weight excluding hydrogens is 521 g/mol. The number of rotatable bonds is 11. The van der Waals surface area contributed by atoms with E-state index < -0.39 is 11.8 Å². The van der Waals surface area contributed by atoms with Crippen molar-refractivity contribution < 1.29 is 28.5 Å². The van der Waals surface area contributed by atoms with Gasteiger partial charge in [-0.05, 0) is 54.1 Å². The molecule has 2 amide bonds. The third kappa shape index (κ3) is 7.77. The SMILES string of the molecule is COc1ccc(C(=O)NCC(=O)NN=Cc2ccc(OCc3ccc(Cl)cc3Cl)c(OC)c2)cc1OC. The molecule has 0 fully saturated rings. The van der Waals surface area contributed by atoms with Gasteiger partial charge in [0.25, 0.3) is 11.8 Å². The Kier molecular flexibility index (Phi) is 10.00. The molecule has 0 saturated heterocycles. The van der Waals surface area contributed by atoms with Gasteiger partial charge >= 0.3 is 0 Å². The smallest absolute Gasteiger partial charge is 0.259 e. The summed E-state index contributed by atoms with van der Waals surface area (Å²) in [7, 11) is 4.49. The van der Waals surface area contributed by atoms with Crippen LogP contribution in [0.2, 0.25) is 10.0 Å². The van der Waals surface area contributed by atoms with Crippen LogP contribution >= 0.6 is 23.2 Å². The molecule has 0 aliphatic rings. The quantitative estimate of drug-likeness (QED) is 0.271. The highest BCUT2D eigenvalue weighted by atomic mass is 35.5. The van der Waals surface area contributed by atoms with Crippen LogP contribution in [-0.4, -0.2) is 45.9 Å². The van der Waals surface area contributed by atoms with Crippen molar-refractivity contribution in [2.24, 2.45) is 5.10 Å². The van der Waals surface area contributed by atoms with E-state index in [0.29, 0.717) is 44.2 Å². The van der Waals surface area contributed by atoms with Crippen LogP contribution in [0.1, 0.15) is 21.5 Å². The van der Waals surface area contributed by atoms with E-state index in [4.69, 9.17) is 42.1 Å². The van der Waals surface area contributed by atoms with E-state index in [-0.39, 0.29) is 13.2 Å². The number of amides is 2.